The zero-order valence-electron chi connectivity index (χ0n) is 18.9. The molecule has 0 spiro atoms. The Balaban J connectivity index is 1.59. The molecule has 164 valence electrons. The van der Waals surface area contributed by atoms with E-state index in [-0.39, 0.29) is 0 Å². The van der Waals surface area contributed by atoms with E-state index in [0.29, 0.717) is 6.42 Å². The van der Waals surface area contributed by atoms with Crippen LogP contribution in [0.3, 0.4) is 0 Å². The molecule has 2 N–H and O–H groups in total. The van der Waals surface area contributed by atoms with Crippen LogP contribution >= 0.6 is 0 Å². The minimum Gasteiger partial charge on any atom is -0.496 e. The second-order valence-corrected chi connectivity index (χ2v) is 8.40. The Hall–Kier alpha value is -4.13. The third-order valence-electron chi connectivity index (χ3n) is 6.29. The monoisotopic (exact) mass is 437 g/mol. The molecule has 0 saturated heterocycles. The number of nitrogens with zero attached hydrogens (tertiary/aromatic N) is 3. The fraction of sp³-hybridized carbons (Fsp3) is 0.192. The Morgan fingerprint density at radius 3 is 2.64 bits per heavy atom. The molecule has 4 heterocycles. The highest BCUT2D eigenvalue weighted by molar-refractivity contribution is 6.09. The maximum absolute atomic E-state index is 5.80. The lowest BCUT2D eigenvalue weighted by atomic mass is 9.99. The molecule has 7 nitrogen and oxygen atoms in total. The summed E-state index contributed by atoms with van der Waals surface area (Å²) < 4.78 is 11.2. The maximum atomic E-state index is 5.80. The summed E-state index contributed by atoms with van der Waals surface area (Å²) in [7, 11) is 1.69. The number of methoxy groups -OCH3 is 1. The molecular weight excluding hydrogens is 414 g/mol. The van der Waals surface area contributed by atoms with Crippen molar-refractivity contribution in [2.24, 2.45) is 0 Å². The van der Waals surface area contributed by atoms with Crippen LogP contribution in [0.15, 0.2) is 47.1 Å². The van der Waals surface area contributed by atoms with E-state index in [0.717, 1.165) is 67.3 Å². The van der Waals surface area contributed by atoms with Crippen LogP contribution in [-0.4, -0.2) is 32.2 Å². The molecule has 2 aromatic carbocycles. The summed E-state index contributed by atoms with van der Waals surface area (Å²) in [4.78, 5) is 16.4. The third-order valence-corrected chi connectivity index (χ3v) is 6.29. The largest absolute Gasteiger partial charge is 0.496 e. The molecule has 4 aromatic heterocycles. The van der Waals surface area contributed by atoms with Gasteiger partial charge in [-0.25, -0.2) is 9.97 Å². The van der Waals surface area contributed by atoms with Gasteiger partial charge in [-0.05, 0) is 44.5 Å². The quantitative estimate of drug-likeness (QED) is 0.365. The molecule has 0 amide bonds. The highest BCUT2D eigenvalue weighted by Crippen LogP contribution is 2.40. The molecule has 6 aromatic rings. The van der Waals surface area contributed by atoms with Gasteiger partial charge in [-0.1, -0.05) is 23.4 Å². The second kappa shape index (κ2) is 7.20. The summed E-state index contributed by atoms with van der Waals surface area (Å²) >= 11 is 0. The number of hydrogen-bond donors (Lipinski definition) is 2. The first-order valence-electron chi connectivity index (χ1n) is 10.9. The first-order valence-corrected chi connectivity index (χ1v) is 10.9. The maximum Gasteiger partial charge on any atom is 0.142 e. The average molecular weight is 438 g/mol. The normalized spacial score (nSPS) is 11.8. The van der Waals surface area contributed by atoms with Gasteiger partial charge in [0.15, 0.2) is 0 Å². The van der Waals surface area contributed by atoms with Gasteiger partial charge >= 0.3 is 0 Å². The first-order chi connectivity index (χ1) is 16.0. The van der Waals surface area contributed by atoms with Gasteiger partial charge in [-0.15, -0.1) is 0 Å². The number of aromatic nitrogens is 5. The van der Waals surface area contributed by atoms with Crippen molar-refractivity contribution in [3.05, 3.63) is 71.1 Å². The summed E-state index contributed by atoms with van der Waals surface area (Å²) in [5.74, 6) is 2.26. The Morgan fingerprint density at radius 2 is 1.85 bits per heavy atom. The van der Waals surface area contributed by atoms with E-state index in [2.05, 4.69) is 51.7 Å². The van der Waals surface area contributed by atoms with Crippen LogP contribution in [0.2, 0.25) is 0 Å². The smallest absolute Gasteiger partial charge is 0.142 e. The Kier molecular flexibility index (Phi) is 4.26. The van der Waals surface area contributed by atoms with Gasteiger partial charge in [-0.2, -0.15) is 0 Å². The molecule has 0 atom stereocenters. The SMILES string of the molecule is COc1cc2c(cc1-c1c(C)noc1C)[nH]c1nc(C)nc(Cc3c[nH]c4ccccc34)c12. The minimum absolute atomic E-state index is 0.699. The summed E-state index contributed by atoms with van der Waals surface area (Å²) in [6.45, 7) is 5.78. The number of aryl methyl sites for hydroxylation is 3. The number of para-hydroxylation sites is 1. The number of aromatic amines is 2. The van der Waals surface area contributed by atoms with Gasteiger partial charge in [0.05, 0.1) is 24.1 Å². The average Bonchev–Trinajstić information content (AvgIpc) is 3.47. The van der Waals surface area contributed by atoms with Crippen molar-refractivity contribution >= 4 is 32.8 Å². The summed E-state index contributed by atoms with van der Waals surface area (Å²) in [6.07, 6.45) is 2.77. The van der Waals surface area contributed by atoms with Gasteiger partial charge in [0.2, 0.25) is 0 Å². The van der Waals surface area contributed by atoms with Crippen molar-refractivity contribution in [1.82, 2.24) is 25.1 Å². The van der Waals surface area contributed by atoms with E-state index in [9.17, 15) is 0 Å². The van der Waals surface area contributed by atoms with Gasteiger partial charge < -0.3 is 19.2 Å². The number of hydrogen-bond acceptors (Lipinski definition) is 5. The molecule has 0 aliphatic rings. The van der Waals surface area contributed by atoms with E-state index in [4.69, 9.17) is 19.2 Å². The van der Waals surface area contributed by atoms with Crippen LogP contribution in [0.4, 0.5) is 0 Å². The molecular formula is C26H23N5O2. The van der Waals surface area contributed by atoms with Gasteiger partial charge in [0.1, 0.15) is 23.0 Å². The fourth-order valence-electron chi connectivity index (χ4n) is 4.84. The van der Waals surface area contributed by atoms with E-state index in [1.54, 1.807) is 7.11 Å². The molecule has 0 fully saturated rings. The predicted octanol–water partition coefficient (Wildman–Crippen LogP) is 5.77. The first kappa shape index (κ1) is 19.5. The Labute approximate surface area is 189 Å². The minimum atomic E-state index is 0.699. The van der Waals surface area contributed by atoms with Crippen LogP contribution in [0, 0.1) is 20.8 Å². The van der Waals surface area contributed by atoms with Crippen molar-refractivity contribution in [3.8, 4) is 16.9 Å². The third kappa shape index (κ3) is 3.00. The Morgan fingerprint density at radius 1 is 1.00 bits per heavy atom. The van der Waals surface area contributed by atoms with E-state index in [1.807, 2.05) is 26.8 Å². The molecule has 6 rings (SSSR count). The van der Waals surface area contributed by atoms with Crippen LogP contribution in [-0.2, 0) is 6.42 Å². The van der Waals surface area contributed by atoms with Crippen LogP contribution in [0.25, 0.3) is 44.0 Å². The van der Waals surface area contributed by atoms with E-state index >= 15 is 0 Å². The van der Waals surface area contributed by atoms with Gasteiger partial charge in [0.25, 0.3) is 0 Å². The molecule has 0 bridgehead atoms. The van der Waals surface area contributed by atoms with E-state index < -0.39 is 0 Å². The molecule has 0 unspecified atom stereocenters. The van der Waals surface area contributed by atoms with E-state index in [1.165, 1.54) is 10.9 Å². The molecule has 0 radical (unpaired) electrons. The molecule has 0 aliphatic carbocycles. The number of rotatable bonds is 4. The van der Waals surface area contributed by atoms with Gasteiger partial charge in [-0.3, -0.25) is 0 Å². The lowest BCUT2D eigenvalue weighted by molar-refractivity contribution is 0.393. The number of H-pyrrole nitrogens is 2. The second-order valence-electron chi connectivity index (χ2n) is 8.40. The number of benzene rings is 2. The summed E-state index contributed by atoms with van der Waals surface area (Å²) in [5, 5.41) is 7.38. The van der Waals surface area contributed by atoms with Crippen molar-refractivity contribution in [3.63, 3.8) is 0 Å². The van der Waals surface area contributed by atoms with Crippen molar-refractivity contribution in [2.75, 3.05) is 7.11 Å². The summed E-state index contributed by atoms with van der Waals surface area (Å²) in [6, 6.07) is 12.5. The number of nitrogens with one attached hydrogen (secondary N) is 2. The van der Waals surface area contributed by atoms with Crippen molar-refractivity contribution in [1.29, 1.82) is 0 Å². The zero-order chi connectivity index (χ0) is 22.7. The number of ether oxygens (including phenoxy) is 1. The van der Waals surface area contributed by atoms with Gasteiger partial charge in [0, 0.05) is 45.4 Å². The lowest BCUT2D eigenvalue weighted by Crippen LogP contribution is -1.98. The fourth-order valence-corrected chi connectivity index (χ4v) is 4.84. The summed E-state index contributed by atoms with van der Waals surface area (Å²) in [5.41, 5.74) is 7.84. The topological polar surface area (TPSA) is 92.6 Å². The van der Waals surface area contributed by atoms with Crippen LogP contribution in [0.1, 0.15) is 28.5 Å². The lowest BCUT2D eigenvalue weighted by Gasteiger charge is -2.09. The highest BCUT2D eigenvalue weighted by atomic mass is 16.5. The standard InChI is InChI=1S/C26H23N5O2/c1-13-24(14(2)33-31-13)19-10-21-18(11-23(19)32-4)25-22(28-15(3)29-26(25)30-21)9-16-12-27-20-8-6-5-7-17(16)20/h5-8,10-12,27H,9H2,1-4H3,(H,28,29,30). The van der Waals surface area contributed by atoms with Crippen LogP contribution in [0.5, 0.6) is 5.75 Å². The molecule has 0 saturated carbocycles. The molecule has 0 aliphatic heterocycles. The number of fused-ring (bicyclic) bond motifs is 4. The van der Waals surface area contributed by atoms with Crippen molar-refractivity contribution < 1.29 is 9.26 Å². The molecule has 7 heteroatoms. The Bertz CT molecular complexity index is 1650. The molecule has 33 heavy (non-hydrogen) atoms. The predicted molar refractivity (Wildman–Crippen MR) is 129 cm³/mol. The zero-order valence-corrected chi connectivity index (χ0v) is 18.9. The highest BCUT2D eigenvalue weighted by Gasteiger charge is 2.21. The van der Waals surface area contributed by atoms with Crippen molar-refractivity contribution in [2.45, 2.75) is 27.2 Å². The van der Waals surface area contributed by atoms with Crippen LogP contribution < -0.4 is 4.74 Å².